The zero-order valence-electron chi connectivity index (χ0n) is 15.1. The number of rotatable bonds is 3. The van der Waals surface area contributed by atoms with Crippen molar-refractivity contribution < 1.29 is 14.4 Å². The number of fused-ring (bicyclic) bond motifs is 1. The number of aldehydes is 1. The number of likely N-dealkylation sites (tertiary alicyclic amines) is 1. The Balaban J connectivity index is 2.04. The average molecular weight is 380 g/mol. The van der Waals surface area contributed by atoms with E-state index in [-0.39, 0.29) is 11.7 Å². The molecule has 1 unspecified atom stereocenters. The van der Waals surface area contributed by atoms with Crippen LogP contribution < -0.4 is 0 Å². The molecular weight excluding hydrogens is 354 g/mol. The van der Waals surface area contributed by atoms with Gasteiger partial charge in [0.25, 0.3) is 5.91 Å². The van der Waals surface area contributed by atoms with Crippen molar-refractivity contribution in [3.05, 3.63) is 16.0 Å². The van der Waals surface area contributed by atoms with Gasteiger partial charge in [-0.3, -0.25) is 9.59 Å². The molecule has 1 fully saturated rings. The Morgan fingerprint density at radius 3 is 2.44 bits per heavy atom. The Kier molecular flexibility index (Phi) is 5.40. The van der Waals surface area contributed by atoms with Gasteiger partial charge in [-0.05, 0) is 36.5 Å². The minimum Gasteiger partial charge on any atom is -0.338 e. The molecule has 136 valence electrons. The molecule has 1 saturated heterocycles. The van der Waals surface area contributed by atoms with E-state index in [2.05, 4.69) is 0 Å². The van der Waals surface area contributed by atoms with Crippen molar-refractivity contribution in [3.63, 3.8) is 0 Å². The highest BCUT2D eigenvalue weighted by Crippen LogP contribution is 2.47. The molecule has 0 bridgehead atoms. The summed E-state index contributed by atoms with van der Waals surface area (Å²) in [6, 6.07) is 0. The van der Waals surface area contributed by atoms with Gasteiger partial charge in [0.05, 0.1) is 15.0 Å². The van der Waals surface area contributed by atoms with Crippen molar-refractivity contribution in [2.24, 2.45) is 11.3 Å². The van der Waals surface area contributed by atoms with E-state index in [4.69, 9.17) is 0 Å². The Labute approximate surface area is 157 Å². The highest BCUT2D eigenvalue weighted by atomic mass is 32.2. The molecule has 3 rings (SSSR count). The van der Waals surface area contributed by atoms with E-state index >= 15 is 0 Å². The summed E-state index contributed by atoms with van der Waals surface area (Å²) in [6.45, 7) is 5.50. The summed E-state index contributed by atoms with van der Waals surface area (Å²) in [7, 11) is 0. The molecule has 0 N–H and O–H groups in total. The minimum atomic E-state index is -0.623. The van der Waals surface area contributed by atoms with Crippen LogP contribution in [0.15, 0.2) is 4.21 Å². The number of thioether (sulfide) groups is 1. The molecule has 1 aromatic rings. The molecular formula is C19H25NO3S2. The van der Waals surface area contributed by atoms with Crippen molar-refractivity contribution in [1.82, 2.24) is 4.90 Å². The Morgan fingerprint density at radius 2 is 1.88 bits per heavy atom. The van der Waals surface area contributed by atoms with Gasteiger partial charge in [0, 0.05) is 18.7 Å². The minimum absolute atomic E-state index is 0.0663. The summed E-state index contributed by atoms with van der Waals surface area (Å²) in [4.78, 5) is 40.3. The van der Waals surface area contributed by atoms with Gasteiger partial charge in [-0.25, -0.2) is 0 Å². The lowest BCUT2D eigenvalue weighted by molar-refractivity contribution is -0.112. The van der Waals surface area contributed by atoms with Crippen molar-refractivity contribution in [3.8, 4) is 0 Å². The van der Waals surface area contributed by atoms with Crippen molar-refractivity contribution in [2.45, 2.75) is 50.2 Å². The van der Waals surface area contributed by atoms with Gasteiger partial charge in [-0.2, -0.15) is 0 Å². The fourth-order valence-corrected chi connectivity index (χ4v) is 5.95. The smallest absolute Gasteiger partial charge is 0.264 e. The first-order chi connectivity index (χ1) is 11.9. The molecule has 25 heavy (non-hydrogen) atoms. The summed E-state index contributed by atoms with van der Waals surface area (Å²) in [5, 5.41) is 0. The summed E-state index contributed by atoms with van der Waals surface area (Å²) in [6.07, 6.45) is 7.75. The molecule has 1 aliphatic heterocycles. The Hall–Kier alpha value is -1.14. The van der Waals surface area contributed by atoms with Crippen LogP contribution >= 0.6 is 23.1 Å². The van der Waals surface area contributed by atoms with Crippen molar-refractivity contribution in [1.29, 1.82) is 0 Å². The van der Waals surface area contributed by atoms with Crippen molar-refractivity contribution in [2.75, 3.05) is 19.3 Å². The monoisotopic (exact) mass is 379 g/mol. The second kappa shape index (κ2) is 7.23. The molecule has 2 aliphatic rings. The Morgan fingerprint density at radius 1 is 1.24 bits per heavy atom. The first-order valence-electron chi connectivity index (χ1n) is 8.89. The van der Waals surface area contributed by atoms with Crippen LogP contribution in [0, 0.1) is 11.3 Å². The van der Waals surface area contributed by atoms with Crippen LogP contribution in [0.1, 0.15) is 65.1 Å². The fraction of sp³-hybridized carbons (Fsp3) is 0.632. The molecule has 1 aliphatic carbocycles. The van der Waals surface area contributed by atoms with Crippen LogP contribution in [0.25, 0.3) is 0 Å². The van der Waals surface area contributed by atoms with Gasteiger partial charge in [0.1, 0.15) is 6.29 Å². The molecule has 1 atom stereocenters. The quantitative estimate of drug-likeness (QED) is 0.451. The highest BCUT2D eigenvalue weighted by Gasteiger charge is 2.45. The van der Waals surface area contributed by atoms with E-state index in [0.717, 1.165) is 42.0 Å². The van der Waals surface area contributed by atoms with E-state index in [1.54, 1.807) is 0 Å². The average Bonchev–Trinajstić information content (AvgIpc) is 2.74. The zero-order valence-corrected chi connectivity index (χ0v) is 16.7. The molecule has 2 heterocycles. The van der Waals surface area contributed by atoms with Crippen LogP contribution in [-0.4, -0.2) is 42.2 Å². The van der Waals surface area contributed by atoms with Gasteiger partial charge < -0.3 is 9.69 Å². The highest BCUT2D eigenvalue weighted by molar-refractivity contribution is 8.00. The molecule has 6 heteroatoms. The van der Waals surface area contributed by atoms with E-state index in [0.29, 0.717) is 16.9 Å². The first-order valence-corrected chi connectivity index (χ1v) is 10.9. The predicted octanol–water partition coefficient (Wildman–Crippen LogP) is 4.07. The number of amides is 1. The van der Waals surface area contributed by atoms with E-state index in [9.17, 15) is 14.4 Å². The molecule has 0 saturated carbocycles. The normalized spacial score (nSPS) is 23.1. The maximum Gasteiger partial charge on any atom is 0.264 e. The fourth-order valence-electron chi connectivity index (χ4n) is 3.92. The first kappa shape index (κ1) is 18.6. The number of carbonyl (C=O) groups excluding carboxylic acids is 3. The topological polar surface area (TPSA) is 54.5 Å². The molecule has 0 aromatic carbocycles. The second-order valence-corrected chi connectivity index (χ2v) is 9.72. The number of carbonyl (C=O) groups is 3. The van der Waals surface area contributed by atoms with Gasteiger partial charge >= 0.3 is 0 Å². The van der Waals surface area contributed by atoms with Crippen LogP contribution in [0.2, 0.25) is 0 Å². The number of hydrogen-bond donors (Lipinski definition) is 0. The third kappa shape index (κ3) is 3.31. The number of nitrogens with zero attached hydrogens (tertiary/aromatic N) is 1. The lowest BCUT2D eigenvalue weighted by Gasteiger charge is -2.35. The molecule has 1 amide bonds. The van der Waals surface area contributed by atoms with E-state index < -0.39 is 11.3 Å². The second-order valence-electron chi connectivity index (χ2n) is 7.63. The predicted molar refractivity (Wildman–Crippen MR) is 102 cm³/mol. The van der Waals surface area contributed by atoms with E-state index in [1.807, 2.05) is 25.0 Å². The zero-order chi connectivity index (χ0) is 18.2. The molecule has 4 nitrogen and oxygen atoms in total. The summed E-state index contributed by atoms with van der Waals surface area (Å²) in [5.41, 5.74) is 1.06. The van der Waals surface area contributed by atoms with Crippen LogP contribution in [0.5, 0.6) is 0 Å². The summed E-state index contributed by atoms with van der Waals surface area (Å²) in [5.74, 6) is -0.671. The number of thiophene rings is 1. The van der Waals surface area contributed by atoms with E-state index in [1.165, 1.54) is 35.9 Å². The van der Waals surface area contributed by atoms with Gasteiger partial charge in [-0.1, -0.05) is 26.7 Å². The van der Waals surface area contributed by atoms with Crippen molar-refractivity contribution >= 4 is 41.1 Å². The number of hydrogen-bond acceptors (Lipinski definition) is 5. The number of Topliss-reactive ketones (excluding diaryl/α,β-unsaturated/α-hetero) is 1. The largest absolute Gasteiger partial charge is 0.338 e. The lowest BCUT2D eigenvalue weighted by atomic mass is 9.67. The maximum absolute atomic E-state index is 13.2. The van der Waals surface area contributed by atoms with Crippen LogP contribution in [0.3, 0.4) is 0 Å². The maximum atomic E-state index is 13.2. The van der Waals surface area contributed by atoms with Crippen LogP contribution in [0.4, 0.5) is 0 Å². The van der Waals surface area contributed by atoms with Gasteiger partial charge in [0.15, 0.2) is 5.78 Å². The van der Waals surface area contributed by atoms with Crippen LogP contribution in [-0.2, 0) is 11.2 Å². The Bertz CT molecular complexity index is 700. The standard InChI is InChI=1S/C19H25NO3S2/c1-19(2)10-12-14(15(22)13(19)11-21)18(24-3)25-16(12)17(23)20-8-6-4-5-7-9-20/h11,13H,4-10H2,1-3H3. The molecule has 0 radical (unpaired) electrons. The third-order valence-corrected chi connectivity index (χ3v) is 7.73. The molecule has 1 aromatic heterocycles. The van der Waals surface area contributed by atoms with Gasteiger partial charge in [-0.15, -0.1) is 23.1 Å². The summed E-state index contributed by atoms with van der Waals surface area (Å²) >= 11 is 2.94. The molecule has 0 spiro atoms. The summed E-state index contributed by atoms with van der Waals surface area (Å²) < 4.78 is 0.875. The third-order valence-electron chi connectivity index (χ3n) is 5.39. The lowest BCUT2D eigenvalue weighted by Crippen LogP contribution is -2.40. The SMILES string of the molecule is CSc1sc(C(=O)N2CCCCCC2)c2c1C(=O)C(C=O)C(C)(C)C2. The van der Waals surface area contributed by atoms with Gasteiger partial charge in [0.2, 0.25) is 0 Å². The number of ketones is 1.